The quantitative estimate of drug-likeness (QED) is 0.148. The minimum Gasteiger partial charge on any atom is -0.497 e. The summed E-state index contributed by atoms with van der Waals surface area (Å²) in [5.41, 5.74) is 1.09. The first-order valence-corrected chi connectivity index (χ1v) is 15.5. The number of non-ortho nitro benzene ring substituents is 1. The summed E-state index contributed by atoms with van der Waals surface area (Å²) in [6.07, 6.45) is 0. The van der Waals surface area contributed by atoms with Gasteiger partial charge in [-0.3, -0.25) is 29.3 Å². The van der Waals surface area contributed by atoms with Crippen LogP contribution in [-0.4, -0.2) is 46.6 Å². The van der Waals surface area contributed by atoms with Crippen LogP contribution in [-0.2, 0) is 14.4 Å². The lowest BCUT2D eigenvalue weighted by atomic mass is 9.82. The largest absolute Gasteiger partial charge is 0.497 e. The van der Waals surface area contributed by atoms with Crippen molar-refractivity contribution in [2.45, 2.75) is 16.2 Å². The number of nitro groups is 1. The maximum absolute atomic E-state index is 14.0. The number of hydrogen-bond acceptors (Lipinski definition) is 10. The van der Waals surface area contributed by atoms with Gasteiger partial charge in [-0.2, -0.15) is 0 Å². The van der Waals surface area contributed by atoms with E-state index in [0.29, 0.717) is 37.1 Å². The normalized spacial score (nSPS) is 18.9. The number of fused-ring (bicyclic) bond motifs is 2. The molecule has 3 atom stereocenters. The number of rotatable bonds is 8. The van der Waals surface area contributed by atoms with Gasteiger partial charge in [0, 0.05) is 38.7 Å². The molecule has 15 heteroatoms. The first-order chi connectivity index (χ1) is 21.1. The van der Waals surface area contributed by atoms with Crippen molar-refractivity contribution >= 4 is 73.8 Å². The maximum atomic E-state index is 14.0. The highest BCUT2D eigenvalue weighted by Gasteiger charge is 2.57. The number of benzene rings is 3. The topological polar surface area (TPSA) is 161 Å². The Morgan fingerprint density at radius 1 is 1.07 bits per heavy atom. The zero-order valence-electron chi connectivity index (χ0n) is 22.6. The molecule has 0 spiro atoms. The second kappa shape index (κ2) is 11.9. The molecule has 3 heterocycles. The van der Waals surface area contributed by atoms with Crippen LogP contribution in [0.4, 0.5) is 17.1 Å². The Labute approximate surface area is 265 Å². The van der Waals surface area contributed by atoms with Gasteiger partial charge < -0.3 is 19.8 Å². The summed E-state index contributed by atoms with van der Waals surface area (Å²) >= 11 is 5.53. The summed E-state index contributed by atoms with van der Waals surface area (Å²) < 4.78 is 11.8. The van der Waals surface area contributed by atoms with Gasteiger partial charge >= 0.3 is 4.87 Å². The van der Waals surface area contributed by atoms with Crippen molar-refractivity contribution < 1.29 is 28.8 Å². The molecule has 2 unspecified atom stereocenters. The van der Waals surface area contributed by atoms with Crippen molar-refractivity contribution in [1.29, 1.82) is 0 Å². The fourth-order valence-electron chi connectivity index (χ4n) is 5.24. The van der Waals surface area contributed by atoms with E-state index < -0.39 is 39.7 Å². The standard InChI is InChI=1S/C29H21BrN4O8S2/c1-41-18-9-3-15(4-10-18)31-21(35)13-42-20-11-2-14(30)12-19(20)22-23-25(43-26-24(22)44-29(38)32-26)28(37)33(27(23)36)16-5-7-17(8-6-16)34(39)40/h2-12,22-23,25H,13H2,1H3,(H,31,35)(H,32,38)/t22-,23?,25?/m1/s1. The Morgan fingerprint density at radius 2 is 1.80 bits per heavy atom. The smallest absolute Gasteiger partial charge is 0.305 e. The number of anilines is 2. The van der Waals surface area contributed by atoms with Crippen LogP contribution in [0, 0.1) is 16.0 Å². The molecule has 12 nitrogen and oxygen atoms in total. The number of nitro benzene ring substituents is 1. The molecule has 1 aromatic heterocycles. The van der Waals surface area contributed by atoms with Gasteiger partial charge in [0.15, 0.2) is 6.61 Å². The molecule has 6 rings (SSSR count). The number of thioether (sulfide) groups is 1. The first-order valence-electron chi connectivity index (χ1n) is 13.0. The predicted octanol–water partition coefficient (Wildman–Crippen LogP) is 4.93. The molecule has 0 radical (unpaired) electrons. The van der Waals surface area contributed by atoms with E-state index in [9.17, 15) is 29.3 Å². The van der Waals surface area contributed by atoms with Gasteiger partial charge in [-0.25, -0.2) is 4.90 Å². The molecule has 224 valence electrons. The molecule has 1 fully saturated rings. The Morgan fingerprint density at radius 3 is 2.48 bits per heavy atom. The minimum absolute atomic E-state index is 0.177. The van der Waals surface area contributed by atoms with Crippen molar-refractivity contribution in [3.63, 3.8) is 0 Å². The van der Waals surface area contributed by atoms with E-state index >= 15 is 0 Å². The number of ether oxygens (including phenoxy) is 2. The summed E-state index contributed by atoms with van der Waals surface area (Å²) in [6.45, 7) is -0.353. The van der Waals surface area contributed by atoms with Crippen LogP contribution in [0.3, 0.4) is 0 Å². The van der Waals surface area contributed by atoms with Gasteiger partial charge in [0.05, 0.1) is 28.7 Å². The highest BCUT2D eigenvalue weighted by atomic mass is 79.9. The molecule has 2 aliphatic rings. The Bertz CT molecular complexity index is 1860. The van der Waals surface area contributed by atoms with Crippen molar-refractivity contribution in [3.05, 3.63) is 101 Å². The van der Waals surface area contributed by atoms with Crippen molar-refractivity contribution in [3.8, 4) is 11.5 Å². The molecule has 0 aliphatic carbocycles. The van der Waals surface area contributed by atoms with Crippen LogP contribution < -0.4 is 24.6 Å². The summed E-state index contributed by atoms with van der Waals surface area (Å²) in [6, 6.07) is 17.1. The number of halogens is 1. The van der Waals surface area contributed by atoms with Crippen molar-refractivity contribution in [1.82, 2.24) is 4.98 Å². The number of nitrogens with one attached hydrogen (secondary N) is 2. The number of thiazole rings is 1. The number of hydrogen-bond donors (Lipinski definition) is 2. The molecule has 3 aromatic carbocycles. The molecular weight excluding hydrogens is 676 g/mol. The number of methoxy groups -OCH3 is 1. The van der Waals surface area contributed by atoms with Crippen molar-refractivity contribution in [2.24, 2.45) is 5.92 Å². The van der Waals surface area contributed by atoms with Crippen LogP contribution in [0.25, 0.3) is 0 Å². The summed E-state index contributed by atoms with van der Waals surface area (Å²) in [4.78, 5) is 67.6. The number of carbonyl (C=O) groups is 3. The van der Waals surface area contributed by atoms with Gasteiger partial charge in [-0.1, -0.05) is 39.0 Å². The number of H-pyrrole nitrogens is 1. The second-order valence-electron chi connectivity index (χ2n) is 9.78. The maximum Gasteiger partial charge on any atom is 0.305 e. The third-order valence-electron chi connectivity index (χ3n) is 7.18. The summed E-state index contributed by atoms with van der Waals surface area (Å²) in [5, 5.41) is 13.5. The van der Waals surface area contributed by atoms with E-state index in [-0.39, 0.29) is 22.9 Å². The van der Waals surface area contributed by atoms with E-state index in [2.05, 4.69) is 26.2 Å². The molecule has 3 amide bonds. The van der Waals surface area contributed by atoms with Crippen LogP contribution in [0.1, 0.15) is 16.4 Å². The van der Waals surface area contributed by atoms with E-state index in [1.807, 2.05) is 0 Å². The number of nitrogens with zero attached hydrogens (tertiary/aromatic N) is 2. The number of imide groups is 1. The van der Waals surface area contributed by atoms with E-state index in [0.717, 1.165) is 28.0 Å². The van der Waals surface area contributed by atoms with Crippen molar-refractivity contribution in [2.75, 3.05) is 23.9 Å². The first kappa shape index (κ1) is 29.6. The molecule has 4 aromatic rings. The van der Waals surface area contributed by atoms with E-state index in [1.54, 1.807) is 49.6 Å². The minimum atomic E-state index is -0.925. The van der Waals surface area contributed by atoms with Crippen LogP contribution in [0.15, 0.2) is 81.0 Å². The van der Waals surface area contributed by atoms with Crippen LogP contribution in [0.5, 0.6) is 11.5 Å². The van der Waals surface area contributed by atoms with Crippen LogP contribution in [0.2, 0.25) is 0 Å². The lowest BCUT2D eigenvalue weighted by Crippen LogP contribution is -2.32. The summed E-state index contributed by atoms with van der Waals surface area (Å²) in [5.74, 6) is -2.19. The van der Waals surface area contributed by atoms with Crippen LogP contribution >= 0.6 is 39.0 Å². The number of carbonyl (C=O) groups excluding carboxylic acids is 3. The SMILES string of the molecule is COc1ccc(NC(=O)COc2ccc(Br)cc2[C@H]2c3sc(=O)[nH]c3SC3C(=O)N(c4ccc([N+](=O)[O-])cc4)C(=O)C32)cc1. The molecule has 2 aliphatic heterocycles. The van der Waals surface area contributed by atoms with Gasteiger partial charge in [-0.15, -0.1) is 0 Å². The molecule has 0 bridgehead atoms. The van der Waals surface area contributed by atoms with E-state index in [1.165, 1.54) is 24.3 Å². The third kappa shape index (κ3) is 5.49. The average molecular weight is 698 g/mol. The highest BCUT2D eigenvalue weighted by molar-refractivity contribution is 9.10. The van der Waals surface area contributed by atoms with Gasteiger partial charge in [0.2, 0.25) is 11.8 Å². The monoisotopic (exact) mass is 696 g/mol. The zero-order valence-corrected chi connectivity index (χ0v) is 25.9. The lowest BCUT2D eigenvalue weighted by molar-refractivity contribution is -0.384. The predicted molar refractivity (Wildman–Crippen MR) is 167 cm³/mol. The van der Waals surface area contributed by atoms with Gasteiger partial charge in [-0.05, 0) is 54.6 Å². The average Bonchev–Trinajstić information content (AvgIpc) is 3.50. The second-order valence-corrected chi connectivity index (χ2v) is 12.9. The number of aromatic nitrogens is 1. The number of amides is 3. The Balaban J connectivity index is 1.33. The Kier molecular flexibility index (Phi) is 8.00. The Hall–Kier alpha value is -4.47. The molecule has 0 saturated carbocycles. The third-order valence-corrected chi connectivity index (χ3v) is 10.1. The molecular formula is C29H21BrN4O8S2. The van der Waals surface area contributed by atoms with Gasteiger partial charge in [0.1, 0.15) is 16.7 Å². The van der Waals surface area contributed by atoms with E-state index in [4.69, 9.17) is 9.47 Å². The van der Waals surface area contributed by atoms with Gasteiger partial charge in [0.25, 0.3) is 11.6 Å². The number of aromatic amines is 1. The fraction of sp³-hybridized carbons (Fsp3) is 0.172. The fourth-order valence-corrected chi connectivity index (χ4v) is 8.12. The zero-order chi connectivity index (χ0) is 31.1. The molecule has 2 N–H and O–H groups in total. The lowest BCUT2D eigenvalue weighted by Gasteiger charge is -2.31. The molecule has 44 heavy (non-hydrogen) atoms. The molecule has 1 saturated heterocycles. The summed E-state index contributed by atoms with van der Waals surface area (Å²) in [7, 11) is 1.54. The highest BCUT2D eigenvalue weighted by Crippen LogP contribution is 2.54.